The predicted molar refractivity (Wildman–Crippen MR) is 135 cm³/mol. The van der Waals surface area contributed by atoms with Gasteiger partial charge in [-0.25, -0.2) is 9.59 Å². The van der Waals surface area contributed by atoms with Crippen molar-refractivity contribution < 1.29 is 37.0 Å². The van der Waals surface area contributed by atoms with Gasteiger partial charge in [-0.15, -0.1) is 0 Å². The van der Waals surface area contributed by atoms with E-state index < -0.39 is 23.7 Å². The Bertz CT molecular complexity index is 1420. The highest BCUT2D eigenvalue weighted by Gasteiger charge is 2.34. The van der Waals surface area contributed by atoms with Crippen LogP contribution < -0.4 is 9.64 Å². The molecule has 194 valence electrons. The number of carbonyl (C=O) groups is 2. The van der Waals surface area contributed by atoms with Gasteiger partial charge in [0.15, 0.2) is 5.75 Å². The smallest absolute Gasteiger partial charge is 0.416 e. The van der Waals surface area contributed by atoms with E-state index in [9.17, 15) is 22.8 Å². The van der Waals surface area contributed by atoms with Gasteiger partial charge < -0.3 is 19.1 Å². The summed E-state index contributed by atoms with van der Waals surface area (Å²) in [5.41, 5.74) is 0.237. The lowest BCUT2D eigenvalue weighted by atomic mass is 10.1. The normalized spacial score (nSPS) is 13.2. The highest BCUT2D eigenvalue weighted by Crippen LogP contribution is 2.41. The second-order valence-corrected chi connectivity index (χ2v) is 7.99. The van der Waals surface area contributed by atoms with Crippen LogP contribution in [-0.4, -0.2) is 26.2 Å². The van der Waals surface area contributed by atoms with Gasteiger partial charge in [0.1, 0.15) is 11.4 Å². The third-order valence-electron chi connectivity index (χ3n) is 5.62. The fraction of sp³-hybridized carbons (Fsp3) is 0.103. The van der Waals surface area contributed by atoms with Crippen molar-refractivity contribution >= 4 is 17.6 Å². The molecule has 9 heteroatoms. The number of hydrogen-bond donors (Lipinski definition) is 0. The number of halogens is 3. The molecular formula is C29H22F3NO5. The van der Waals surface area contributed by atoms with Crippen molar-refractivity contribution in [2.24, 2.45) is 0 Å². The van der Waals surface area contributed by atoms with E-state index in [2.05, 4.69) is 0 Å². The van der Waals surface area contributed by atoms with E-state index in [0.717, 1.165) is 48.4 Å². The molecule has 0 saturated heterocycles. The standard InChI is InChI=1S/C29H22F3NO5/c1-36-27(34)23-10-6-7-17-33(26(23)28(35)37-2)24-18-21(29(30,31)32)13-16-25(24)38-22-14-11-20(12-15-22)19-8-4-3-5-9-19/h3-18H,1-2H3. The summed E-state index contributed by atoms with van der Waals surface area (Å²) in [5.74, 6) is -1.49. The zero-order chi connectivity index (χ0) is 27.3. The van der Waals surface area contributed by atoms with Crippen LogP contribution in [-0.2, 0) is 25.2 Å². The number of anilines is 1. The van der Waals surface area contributed by atoms with E-state index in [1.807, 2.05) is 42.5 Å². The third kappa shape index (κ3) is 5.62. The molecule has 0 unspecified atom stereocenters. The van der Waals surface area contributed by atoms with Crippen LogP contribution in [0.4, 0.5) is 18.9 Å². The predicted octanol–water partition coefficient (Wildman–Crippen LogP) is 6.65. The molecule has 1 heterocycles. The Kier molecular flexibility index (Phi) is 7.66. The molecule has 1 aliphatic rings. The number of nitrogens with zero attached hydrogens (tertiary/aromatic N) is 1. The topological polar surface area (TPSA) is 65.1 Å². The lowest BCUT2D eigenvalue weighted by Crippen LogP contribution is -2.27. The lowest BCUT2D eigenvalue weighted by molar-refractivity contribution is -0.139. The molecule has 0 bridgehead atoms. The summed E-state index contributed by atoms with van der Waals surface area (Å²) in [7, 11) is 2.22. The number of methoxy groups -OCH3 is 2. The lowest BCUT2D eigenvalue weighted by Gasteiger charge is -2.26. The van der Waals surface area contributed by atoms with Gasteiger partial charge in [0.05, 0.1) is 31.0 Å². The Morgan fingerprint density at radius 3 is 2.08 bits per heavy atom. The third-order valence-corrected chi connectivity index (χ3v) is 5.62. The molecule has 0 radical (unpaired) electrons. The molecule has 0 amide bonds. The van der Waals surface area contributed by atoms with Crippen LogP contribution in [0.1, 0.15) is 5.56 Å². The monoisotopic (exact) mass is 521 g/mol. The molecule has 38 heavy (non-hydrogen) atoms. The number of allylic oxidation sites excluding steroid dienone is 2. The summed E-state index contributed by atoms with van der Waals surface area (Å²) >= 11 is 0. The van der Waals surface area contributed by atoms with Gasteiger partial charge in [0.25, 0.3) is 0 Å². The minimum absolute atomic E-state index is 0.00244. The van der Waals surface area contributed by atoms with E-state index in [0.29, 0.717) is 5.75 Å². The Hall–Kier alpha value is -4.79. The van der Waals surface area contributed by atoms with E-state index >= 15 is 0 Å². The van der Waals surface area contributed by atoms with Gasteiger partial charge in [-0.3, -0.25) is 0 Å². The van der Waals surface area contributed by atoms with Gasteiger partial charge in [-0.05, 0) is 53.6 Å². The number of esters is 2. The minimum atomic E-state index is -4.68. The SMILES string of the molecule is COC(=O)C1=C(C(=O)OC)N(c2cc(C(F)(F)F)ccc2Oc2ccc(-c3ccccc3)cc2)C=CC=C1. The molecule has 1 aliphatic heterocycles. The molecule has 3 aromatic carbocycles. The first-order valence-electron chi connectivity index (χ1n) is 11.3. The first kappa shape index (κ1) is 26.3. The van der Waals surface area contributed by atoms with Crippen molar-refractivity contribution in [1.82, 2.24) is 0 Å². The second kappa shape index (κ2) is 11.1. The first-order valence-corrected chi connectivity index (χ1v) is 11.3. The maximum Gasteiger partial charge on any atom is 0.416 e. The average molecular weight is 521 g/mol. The van der Waals surface area contributed by atoms with Crippen molar-refractivity contribution in [2.45, 2.75) is 6.18 Å². The number of carbonyl (C=O) groups excluding carboxylic acids is 2. The molecule has 3 aromatic rings. The number of hydrogen-bond acceptors (Lipinski definition) is 6. The number of alkyl halides is 3. The zero-order valence-electron chi connectivity index (χ0n) is 20.4. The molecule has 4 rings (SSSR count). The Labute approximate surface area is 216 Å². The fourth-order valence-electron chi connectivity index (χ4n) is 3.79. The molecule has 0 spiro atoms. The molecule has 0 aromatic heterocycles. The molecule has 0 fully saturated rings. The van der Waals surface area contributed by atoms with Crippen LogP contribution in [0, 0.1) is 0 Å². The largest absolute Gasteiger partial charge is 0.465 e. The van der Waals surface area contributed by atoms with Crippen LogP contribution in [0.3, 0.4) is 0 Å². The summed E-state index contributed by atoms with van der Waals surface area (Å²) < 4.78 is 56.7. The molecule has 6 nitrogen and oxygen atoms in total. The summed E-state index contributed by atoms with van der Waals surface area (Å²) in [6, 6.07) is 19.5. The van der Waals surface area contributed by atoms with Crippen LogP contribution >= 0.6 is 0 Å². The van der Waals surface area contributed by atoms with Crippen molar-refractivity contribution in [3.8, 4) is 22.6 Å². The van der Waals surface area contributed by atoms with Gasteiger partial charge >= 0.3 is 18.1 Å². The van der Waals surface area contributed by atoms with E-state index in [4.69, 9.17) is 14.2 Å². The van der Waals surface area contributed by atoms with Gasteiger partial charge in [0.2, 0.25) is 0 Å². The quantitative estimate of drug-likeness (QED) is 0.338. The first-order chi connectivity index (χ1) is 18.2. The molecule has 0 N–H and O–H groups in total. The summed E-state index contributed by atoms with van der Waals surface area (Å²) in [4.78, 5) is 26.4. The average Bonchev–Trinajstić information content (AvgIpc) is 3.16. The Morgan fingerprint density at radius 1 is 0.789 bits per heavy atom. The summed E-state index contributed by atoms with van der Waals surface area (Å²) in [6.45, 7) is 0. The Balaban J connectivity index is 1.82. The van der Waals surface area contributed by atoms with Crippen LogP contribution in [0.2, 0.25) is 0 Å². The van der Waals surface area contributed by atoms with Crippen molar-refractivity contribution in [1.29, 1.82) is 0 Å². The van der Waals surface area contributed by atoms with Crippen molar-refractivity contribution in [2.75, 3.05) is 19.1 Å². The van der Waals surface area contributed by atoms with Crippen LogP contribution in [0.5, 0.6) is 11.5 Å². The number of ether oxygens (including phenoxy) is 3. The molecule has 0 aliphatic carbocycles. The van der Waals surface area contributed by atoms with Gasteiger partial charge in [0, 0.05) is 6.20 Å². The molecule has 0 saturated carbocycles. The van der Waals surface area contributed by atoms with E-state index in [1.54, 1.807) is 12.1 Å². The van der Waals surface area contributed by atoms with Crippen LogP contribution in [0.15, 0.2) is 108 Å². The zero-order valence-corrected chi connectivity index (χ0v) is 20.4. The van der Waals surface area contributed by atoms with Gasteiger partial charge in [-0.2, -0.15) is 13.2 Å². The minimum Gasteiger partial charge on any atom is -0.465 e. The highest BCUT2D eigenvalue weighted by atomic mass is 19.4. The molecule has 0 atom stereocenters. The number of rotatable bonds is 6. The fourth-order valence-corrected chi connectivity index (χ4v) is 3.79. The van der Waals surface area contributed by atoms with Crippen molar-refractivity contribution in [3.63, 3.8) is 0 Å². The van der Waals surface area contributed by atoms with E-state index in [-0.39, 0.29) is 22.7 Å². The van der Waals surface area contributed by atoms with Crippen LogP contribution in [0.25, 0.3) is 11.1 Å². The summed E-state index contributed by atoms with van der Waals surface area (Å²) in [6.07, 6.45) is 0.868. The number of benzene rings is 3. The summed E-state index contributed by atoms with van der Waals surface area (Å²) in [5, 5.41) is 0. The van der Waals surface area contributed by atoms with E-state index in [1.165, 1.54) is 24.4 Å². The maximum atomic E-state index is 13.7. The molecular weight excluding hydrogens is 499 g/mol. The Morgan fingerprint density at radius 2 is 1.45 bits per heavy atom. The second-order valence-electron chi connectivity index (χ2n) is 7.99. The van der Waals surface area contributed by atoms with Gasteiger partial charge in [-0.1, -0.05) is 48.5 Å². The van der Waals surface area contributed by atoms with Crippen molar-refractivity contribution in [3.05, 3.63) is 114 Å². The maximum absolute atomic E-state index is 13.7. The highest BCUT2D eigenvalue weighted by molar-refractivity contribution is 6.05.